The number of guanidine groups is 1. The van der Waals surface area contributed by atoms with Crippen LogP contribution in [0.1, 0.15) is 27.2 Å². The van der Waals surface area contributed by atoms with Crippen molar-refractivity contribution in [1.29, 1.82) is 0 Å². The minimum Gasteiger partial charge on any atom is -0.460 e. The predicted octanol–water partition coefficient (Wildman–Crippen LogP) is 0.859. The highest BCUT2D eigenvalue weighted by atomic mass is 16.6. The standard InChI is InChI=1S/C14H23N3O2/c1-6-8-16-13(15-5)17-9-7-11(10-17)12(18)19-14(2,3)4/h1,11H,7-10H2,2-5H3,(H,15,16). The molecule has 1 aliphatic rings. The molecule has 1 fully saturated rings. The van der Waals surface area contributed by atoms with Crippen molar-refractivity contribution in [3.05, 3.63) is 0 Å². The third kappa shape index (κ3) is 4.82. The molecule has 0 radical (unpaired) electrons. The van der Waals surface area contributed by atoms with Crippen molar-refractivity contribution >= 4 is 11.9 Å². The summed E-state index contributed by atoms with van der Waals surface area (Å²) >= 11 is 0. The Hall–Kier alpha value is -1.70. The molecule has 1 aliphatic heterocycles. The summed E-state index contributed by atoms with van der Waals surface area (Å²) in [7, 11) is 1.71. The molecule has 0 aliphatic carbocycles. The minimum absolute atomic E-state index is 0.0939. The number of hydrogen-bond donors (Lipinski definition) is 1. The maximum absolute atomic E-state index is 12.0. The number of rotatable bonds is 2. The molecule has 0 aromatic carbocycles. The second kappa shape index (κ2) is 6.46. The first-order valence-electron chi connectivity index (χ1n) is 6.49. The Morgan fingerprint density at radius 1 is 1.58 bits per heavy atom. The lowest BCUT2D eigenvalue weighted by Crippen LogP contribution is -2.41. The van der Waals surface area contributed by atoms with Crippen molar-refractivity contribution in [2.75, 3.05) is 26.7 Å². The SMILES string of the molecule is C#CCNC(=NC)N1CCC(C(=O)OC(C)(C)C)C1. The molecule has 1 saturated heterocycles. The lowest BCUT2D eigenvalue weighted by atomic mass is 10.1. The van der Waals surface area contributed by atoms with Gasteiger partial charge in [0.05, 0.1) is 12.5 Å². The Labute approximate surface area is 115 Å². The zero-order valence-corrected chi connectivity index (χ0v) is 12.2. The van der Waals surface area contributed by atoms with Crippen LogP contribution in [-0.2, 0) is 9.53 Å². The number of aliphatic imine (C=N–C) groups is 1. The van der Waals surface area contributed by atoms with Crippen molar-refractivity contribution < 1.29 is 9.53 Å². The average molecular weight is 265 g/mol. The van der Waals surface area contributed by atoms with Crippen LogP contribution < -0.4 is 5.32 Å². The molecule has 106 valence electrons. The molecule has 0 amide bonds. The number of carbonyl (C=O) groups is 1. The van der Waals surface area contributed by atoms with Gasteiger partial charge in [-0.05, 0) is 27.2 Å². The van der Waals surface area contributed by atoms with Crippen molar-refractivity contribution in [2.24, 2.45) is 10.9 Å². The summed E-state index contributed by atoms with van der Waals surface area (Å²) < 4.78 is 5.41. The molecule has 1 unspecified atom stereocenters. The molecular weight excluding hydrogens is 242 g/mol. The fraction of sp³-hybridized carbons (Fsp3) is 0.714. The van der Waals surface area contributed by atoms with E-state index in [2.05, 4.69) is 16.2 Å². The Balaban J connectivity index is 2.53. The Bertz CT molecular complexity index is 390. The van der Waals surface area contributed by atoms with E-state index in [0.29, 0.717) is 13.1 Å². The number of esters is 1. The van der Waals surface area contributed by atoms with Gasteiger partial charge in [0, 0.05) is 20.1 Å². The predicted molar refractivity (Wildman–Crippen MR) is 75.7 cm³/mol. The van der Waals surface area contributed by atoms with Crippen LogP contribution in [0.15, 0.2) is 4.99 Å². The number of carbonyl (C=O) groups excluding carboxylic acids is 1. The number of likely N-dealkylation sites (tertiary alicyclic amines) is 1. The summed E-state index contributed by atoms with van der Waals surface area (Å²) in [5.74, 6) is 3.02. The van der Waals surface area contributed by atoms with Crippen molar-refractivity contribution in [3.8, 4) is 12.3 Å². The molecule has 1 rings (SSSR count). The number of hydrogen-bond acceptors (Lipinski definition) is 3. The van der Waals surface area contributed by atoms with Gasteiger partial charge >= 0.3 is 5.97 Å². The van der Waals surface area contributed by atoms with E-state index in [1.54, 1.807) is 7.05 Å². The van der Waals surface area contributed by atoms with Crippen molar-refractivity contribution in [3.63, 3.8) is 0 Å². The summed E-state index contributed by atoms with van der Waals surface area (Å²) in [5, 5.41) is 3.06. The molecule has 1 N–H and O–H groups in total. The van der Waals surface area contributed by atoms with Gasteiger partial charge < -0.3 is 15.0 Å². The van der Waals surface area contributed by atoms with Crippen molar-refractivity contribution in [2.45, 2.75) is 32.8 Å². The first kappa shape index (κ1) is 15.4. The zero-order chi connectivity index (χ0) is 14.5. The van der Waals surface area contributed by atoms with Gasteiger partial charge in [-0.1, -0.05) is 5.92 Å². The topological polar surface area (TPSA) is 53.9 Å². The van der Waals surface area contributed by atoms with Gasteiger partial charge in [0.15, 0.2) is 5.96 Å². The molecule has 19 heavy (non-hydrogen) atoms. The van der Waals surface area contributed by atoms with E-state index >= 15 is 0 Å². The smallest absolute Gasteiger partial charge is 0.311 e. The molecule has 0 aromatic rings. The minimum atomic E-state index is -0.437. The molecule has 5 nitrogen and oxygen atoms in total. The van der Waals surface area contributed by atoms with Gasteiger partial charge in [-0.3, -0.25) is 9.79 Å². The maximum Gasteiger partial charge on any atom is 0.311 e. The van der Waals surface area contributed by atoms with Crippen LogP contribution in [0.3, 0.4) is 0 Å². The van der Waals surface area contributed by atoms with Gasteiger partial charge in [0.25, 0.3) is 0 Å². The van der Waals surface area contributed by atoms with Crippen LogP contribution >= 0.6 is 0 Å². The van der Waals surface area contributed by atoms with E-state index in [9.17, 15) is 4.79 Å². The molecule has 0 bridgehead atoms. The summed E-state index contributed by atoms with van der Waals surface area (Å²) in [6.45, 7) is 7.48. The van der Waals surface area contributed by atoms with Crippen molar-refractivity contribution in [1.82, 2.24) is 10.2 Å². The van der Waals surface area contributed by atoms with Crippen LogP contribution in [0.2, 0.25) is 0 Å². The number of nitrogens with zero attached hydrogens (tertiary/aromatic N) is 2. The van der Waals surface area contributed by atoms with Crippen LogP contribution in [0.25, 0.3) is 0 Å². The summed E-state index contributed by atoms with van der Waals surface area (Å²) in [5.41, 5.74) is -0.437. The zero-order valence-electron chi connectivity index (χ0n) is 12.2. The first-order valence-corrected chi connectivity index (χ1v) is 6.49. The van der Waals surface area contributed by atoms with Gasteiger partial charge in [-0.25, -0.2) is 0 Å². The number of ether oxygens (including phenoxy) is 1. The van der Waals surface area contributed by atoms with E-state index in [4.69, 9.17) is 11.2 Å². The third-order valence-corrected chi connectivity index (χ3v) is 2.79. The third-order valence-electron chi connectivity index (χ3n) is 2.79. The summed E-state index contributed by atoms with van der Waals surface area (Å²) in [6.07, 6.45) is 6.00. The lowest BCUT2D eigenvalue weighted by molar-refractivity contribution is -0.159. The highest BCUT2D eigenvalue weighted by molar-refractivity contribution is 5.82. The normalized spacial score (nSPS) is 20.1. The average Bonchev–Trinajstić information content (AvgIpc) is 2.77. The molecular formula is C14H23N3O2. The van der Waals surface area contributed by atoms with Gasteiger partial charge in [0.1, 0.15) is 5.60 Å². The molecule has 1 heterocycles. The first-order chi connectivity index (χ1) is 8.87. The Kier molecular flexibility index (Phi) is 5.22. The van der Waals surface area contributed by atoms with E-state index in [1.165, 1.54) is 0 Å². The molecule has 0 aromatic heterocycles. The summed E-state index contributed by atoms with van der Waals surface area (Å²) in [6, 6.07) is 0. The van der Waals surface area contributed by atoms with Crippen LogP contribution in [0, 0.1) is 18.3 Å². The van der Waals surface area contributed by atoms with Gasteiger partial charge in [0.2, 0.25) is 0 Å². The quantitative estimate of drug-likeness (QED) is 0.348. The number of nitrogens with one attached hydrogen (secondary N) is 1. The Morgan fingerprint density at radius 2 is 2.26 bits per heavy atom. The largest absolute Gasteiger partial charge is 0.460 e. The van der Waals surface area contributed by atoms with E-state index in [0.717, 1.165) is 18.9 Å². The Morgan fingerprint density at radius 3 is 2.79 bits per heavy atom. The monoisotopic (exact) mass is 265 g/mol. The molecule has 1 atom stereocenters. The highest BCUT2D eigenvalue weighted by Crippen LogP contribution is 2.20. The highest BCUT2D eigenvalue weighted by Gasteiger charge is 2.33. The lowest BCUT2D eigenvalue weighted by Gasteiger charge is -2.23. The molecule has 0 saturated carbocycles. The van der Waals surface area contributed by atoms with Gasteiger partial charge in [-0.15, -0.1) is 6.42 Å². The van der Waals surface area contributed by atoms with E-state index in [-0.39, 0.29) is 11.9 Å². The number of terminal acetylenes is 1. The fourth-order valence-corrected chi connectivity index (χ4v) is 1.99. The second-order valence-corrected chi connectivity index (χ2v) is 5.57. The van der Waals surface area contributed by atoms with E-state index < -0.39 is 5.60 Å². The van der Waals surface area contributed by atoms with Crippen LogP contribution in [0.4, 0.5) is 0 Å². The van der Waals surface area contributed by atoms with Crippen LogP contribution in [-0.4, -0.2) is 49.1 Å². The second-order valence-electron chi connectivity index (χ2n) is 5.57. The van der Waals surface area contributed by atoms with Crippen LogP contribution in [0.5, 0.6) is 0 Å². The van der Waals surface area contributed by atoms with E-state index in [1.807, 2.05) is 25.7 Å². The molecule has 5 heteroatoms. The van der Waals surface area contributed by atoms with Gasteiger partial charge in [-0.2, -0.15) is 0 Å². The molecule has 0 spiro atoms. The maximum atomic E-state index is 12.0. The summed E-state index contributed by atoms with van der Waals surface area (Å²) in [4.78, 5) is 18.2. The fourth-order valence-electron chi connectivity index (χ4n) is 1.99.